The quantitative estimate of drug-likeness (QED) is 0.131. The molecule has 1 fully saturated rings. The van der Waals surface area contributed by atoms with Gasteiger partial charge in [0, 0.05) is 17.0 Å². The minimum Gasteiger partial charge on any atom is -0.478 e. The fourth-order valence-corrected chi connectivity index (χ4v) is 6.43. The van der Waals surface area contributed by atoms with Crippen LogP contribution in [0.2, 0.25) is 0 Å². The highest BCUT2D eigenvalue weighted by Crippen LogP contribution is 2.41. The van der Waals surface area contributed by atoms with E-state index >= 15 is 0 Å². The topological polar surface area (TPSA) is 130 Å². The number of primary amides is 1. The van der Waals surface area contributed by atoms with E-state index in [4.69, 9.17) is 23.1 Å². The Hall–Kier alpha value is -4.22. The normalized spacial score (nSPS) is 15.4. The summed E-state index contributed by atoms with van der Waals surface area (Å²) in [4.78, 5) is 50.5. The van der Waals surface area contributed by atoms with Crippen LogP contribution in [0.25, 0.3) is 17.2 Å². The van der Waals surface area contributed by atoms with Gasteiger partial charge in [-0.25, -0.2) is 4.79 Å². The smallest absolute Gasteiger partial charge is 0.416 e. The Morgan fingerprint density at radius 1 is 0.978 bits per heavy atom. The summed E-state index contributed by atoms with van der Waals surface area (Å²) in [5.41, 5.74) is 2.18. The molecule has 2 aromatic carbocycles. The van der Waals surface area contributed by atoms with Gasteiger partial charge in [0.25, 0.3) is 5.91 Å². The summed E-state index contributed by atoms with van der Waals surface area (Å²) in [6, 6.07) is 6.37. The first kappa shape index (κ1) is 33.7. The lowest BCUT2D eigenvalue weighted by molar-refractivity contribution is -0.143. The molecule has 1 saturated heterocycles. The summed E-state index contributed by atoms with van der Waals surface area (Å²) in [6.45, 7) is 0. The first-order valence-electron chi connectivity index (χ1n) is 12.5. The van der Waals surface area contributed by atoms with Gasteiger partial charge in [-0.3, -0.25) is 19.3 Å². The van der Waals surface area contributed by atoms with Gasteiger partial charge in [0.15, 0.2) is 0 Å². The molecule has 2 heterocycles. The fraction of sp³-hybridized carbons (Fsp3) is 0.179. The number of benzene rings is 2. The largest absolute Gasteiger partial charge is 0.478 e. The molecule has 4 rings (SSSR count). The third-order valence-corrected chi connectivity index (χ3v) is 8.53. The number of thiocarbonyl (C=S) groups is 1. The third kappa shape index (κ3) is 8.09. The number of halogens is 6. The van der Waals surface area contributed by atoms with E-state index in [-0.39, 0.29) is 50.5 Å². The number of nitrogens with two attached hydrogens (primary N) is 1. The molecule has 0 bridgehead atoms. The number of hydrogen-bond donors (Lipinski definition) is 3. The third-order valence-electron chi connectivity index (χ3n) is 6.32. The molecule has 0 aliphatic carbocycles. The fourth-order valence-electron chi connectivity index (χ4n) is 4.16. The lowest BCUT2D eigenvalue weighted by atomic mass is 10.0. The second kappa shape index (κ2) is 13.0. The van der Waals surface area contributed by atoms with E-state index in [0.29, 0.717) is 17.0 Å². The number of carbonyl (C=O) groups excluding carboxylic acids is 3. The van der Waals surface area contributed by atoms with Crippen molar-refractivity contribution in [3.8, 4) is 11.1 Å². The predicted octanol–water partition coefficient (Wildman–Crippen LogP) is 6.62. The molecule has 0 spiro atoms. The molecule has 1 aromatic heterocycles. The van der Waals surface area contributed by atoms with Crippen LogP contribution >= 0.6 is 35.3 Å². The van der Waals surface area contributed by atoms with Crippen molar-refractivity contribution < 1.29 is 50.6 Å². The number of carbonyl (C=O) groups is 4. The van der Waals surface area contributed by atoms with Crippen molar-refractivity contribution in [3.05, 3.63) is 80.4 Å². The highest BCUT2D eigenvalue weighted by Gasteiger charge is 2.41. The standard InChI is InChI=1S/C28H19F6N3O5S3/c29-27(30,31)16-7-14(8-17(10-16)28(32,33)34)15-9-19(44-12-15)11-21-24(40)37(26(43)45-21)20(5-6-22(35)38)23(39)36-18-3-1-13(2-4-18)25(41)42/h1-4,7-12,20H,5-6H2,(H2,35,38)(H,36,39)(H,41,42)/t20-/m0/s1. The minimum atomic E-state index is -5.03. The molecule has 1 aliphatic rings. The number of amides is 3. The SMILES string of the molecule is NC(=O)CC[C@@H](C(=O)Nc1ccc(C(=O)O)cc1)N1C(=O)C(=Cc2cc(-c3cc(C(F)(F)F)cc(C(F)(F)F)c3)cs2)SC1=S. The lowest BCUT2D eigenvalue weighted by Gasteiger charge is -2.25. The number of thioether (sulfide) groups is 1. The van der Waals surface area contributed by atoms with Gasteiger partial charge in [-0.2, -0.15) is 26.3 Å². The number of anilines is 1. The maximum atomic E-state index is 13.4. The maximum absolute atomic E-state index is 13.4. The van der Waals surface area contributed by atoms with Crippen LogP contribution in [0.4, 0.5) is 32.0 Å². The summed E-state index contributed by atoms with van der Waals surface area (Å²) >= 11 is 7.08. The van der Waals surface area contributed by atoms with Crippen molar-refractivity contribution in [2.75, 3.05) is 5.32 Å². The number of nitrogens with zero attached hydrogens (tertiary/aromatic N) is 1. The van der Waals surface area contributed by atoms with Crippen molar-refractivity contribution in [2.24, 2.45) is 5.73 Å². The zero-order valence-corrected chi connectivity index (χ0v) is 24.8. The van der Waals surface area contributed by atoms with Crippen molar-refractivity contribution in [1.29, 1.82) is 0 Å². The molecule has 0 saturated carbocycles. The minimum absolute atomic E-state index is 0.0103. The Labute approximate surface area is 263 Å². The number of alkyl halides is 6. The predicted molar refractivity (Wildman–Crippen MR) is 159 cm³/mol. The second-order valence-electron chi connectivity index (χ2n) is 9.48. The highest BCUT2D eigenvalue weighted by molar-refractivity contribution is 8.26. The summed E-state index contributed by atoms with van der Waals surface area (Å²) in [7, 11) is 0. The monoisotopic (exact) mass is 687 g/mol. The Bertz CT molecular complexity index is 1690. The summed E-state index contributed by atoms with van der Waals surface area (Å²) in [5, 5.41) is 12.9. The van der Waals surface area contributed by atoms with E-state index in [9.17, 15) is 45.5 Å². The summed E-state index contributed by atoms with van der Waals surface area (Å²) in [5.74, 6) is -3.42. The van der Waals surface area contributed by atoms with Gasteiger partial charge in [0.2, 0.25) is 11.8 Å². The van der Waals surface area contributed by atoms with E-state index in [1.165, 1.54) is 41.8 Å². The first-order chi connectivity index (χ1) is 20.9. The molecular formula is C28H19F6N3O5S3. The van der Waals surface area contributed by atoms with E-state index in [1.54, 1.807) is 0 Å². The first-order valence-corrected chi connectivity index (χ1v) is 14.6. The van der Waals surface area contributed by atoms with Crippen LogP contribution < -0.4 is 11.1 Å². The number of hydrogen-bond acceptors (Lipinski definition) is 7. The van der Waals surface area contributed by atoms with Crippen molar-refractivity contribution in [3.63, 3.8) is 0 Å². The van der Waals surface area contributed by atoms with Crippen molar-refractivity contribution >= 4 is 75.1 Å². The number of rotatable bonds is 9. The lowest BCUT2D eigenvalue weighted by Crippen LogP contribution is -2.46. The van der Waals surface area contributed by atoms with Crippen LogP contribution in [0, 0.1) is 0 Å². The van der Waals surface area contributed by atoms with Crippen LogP contribution in [0.3, 0.4) is 0 Å². The molecule has 0 unspecified atom stereocenters. The van der Waals surface area contributed by atoms with Crippen LogP contribution in [0.5, 0.6) is 0 Å². The molecular weight excluding hydrogens is 669 g/mol. The molecule has 3 aromatic rings. The molecule has 17 heteroatoms. The van der Waals surface area contributed by atoms with E-state index in [0.717, 1.165) is 28.0 Å². The average molecular weight is 688 g/mol. The molecule has 4 N–H and O–H groups in total. The van der Waals surface area contributed by atoms with Gasteiger partial charge >= 0.3 is 18.3 Å². The van der Waals surface area contributed by atoms with Crippen molar-refractivity contribution in [1.82, 2.24) is 4.90 Å². The Morgan fingerprint density at radius 3 is 2.11 bits per heavy atom. The Balaban J connectivity index is 1.61. The van der Waals surface area contributed by atoms with Gasteiger partial charge in [-0.1, -0.05) is 24.0 Å². The second-order valence-corrected chi connectivity index (χ2v) is 12.1. The number of aromatic carboxylic acids is 1. The molecule has 0 radical (unpaired) electrons. The van der Waals surface area contributed by atoms with Gasteiger partial charge in [0.1, 0.15) is 10.4 Å². The highest BCUT2D eigenvalue weighted by atomic mass is 32.2. The molecule has 8 nitrogen and oxygen atoms in total. The van der Waals surface area contributed by atoms with Crippen LogP contribution in [-0.2, 0) is 26.7 Å². The van der Waals surface area contributed by atoms with Crippen LogP contribution in [-0.4, -0.2) is 44.1 Å². The maximum Gasteiger partial charge on any atom is 0.416 e. The van der Waals surface area contributed by atoms with Gasteiger partial charge in [-0.05, 0) is 77.5 Å². The van der Waals surface area contributed by atoms with E-state index in [1.807, 2.05) is 0 Å². The number of carboxylic acid groups (broad SMARTS) is 1. The van der Waals surface area contributed by atoms with E-state index in [2.05, 4.69) is 5.32 Å². The zero-order chi connectivity index (χ0) is 33.3. The van der Waals surface area contributed by atoms with Crippen LogP contribution in [0.15, 0.2) is 58.8 Å². The average Bonchev–Trinajstić information content (AvgIpc) is 3.52. The molecule has 1 aliphatic heterocycles. The van der Waals surface area contributed by atoms with Gasteiger partial charge in [-0.15, -0.1) is 11.3 Å². The number of thiophene rings is 1. The van der Waals surface area contributed by atoms with Gasteiger partial charge < -0.3 is 16.2 Å². The Morgan fingerprint density at radius 2 is 1.58 bits per heavy atom. The number of nitrogens with one attached hydrogen (secondary N) is 1. The Kier molecular flexibility index (Phi) is 9.74. The van der Waals surface area contributed by atoms with Gasteiger partial charge in [0.05, 0.1) is 21.6 Å². The number of carboxylic acids is 1. The van der Waals surface area contributed by atoms with Crippen molar-refractivity contribution in [2.45, 2.75) is 31.2 Å². The summed E-state index contributed by atoms with van der Waals surface area (Å²) in [6.07, 6.45) is -9.23. The molecule has 236 valence electrons. The van der Waals surface area contributed by atoms with E-state index < -0.39 is 53.2 Å². The zero-order valence-electron chi connectivity index (χ0n) is 22.4. The molecule has 45 heavy (non-hydrogen) atoms. The summed E-state index contributed by atoms with van der Waals surface area (Å²) < 4.78 is 79.9. The molecule has 1 atom stereocenters. The molecule has 3 amide bonds. The van der Waals surface area contributed by atoms with Crippen LogP contribution in [0.1, 0.15) is 39.2 Å².